The lowest BCUT2D eigenvalue weighted by molar-refractivity contribution is 0.673. The second kappa shape index (κ2) is 11.1. The van der Waals surface area contributed by atoms with E-state index in [1.165, 1.54) is 65.9 Å². The number of fused-ring (bicyclic) bond motifs is 7. The summed E-state index contributed by atoms with van der Waals surface area (Å²) >= 11 is 0. The molecule has 1 heterocycles. The number of rotatable bonds is 4. The van der Waals surface area contributed by atoms with Crippen LogP contribution in [-0.4, -0.2) is 0 Å². The Morgan fingerprint density at radius 1 is 0.265 bits per heavy atom. The van der Waals surface area contributed by atoms with Crippen LogP contribution in [0.4, 0.5) is 0 Å². The molecule has 0 aliphatic rings. The Bertz CT molecular complexity index is 2780. The predicted molar refractivity (Wildman–Crippen MR) is 208 cm³/mol. The van der Waals surface area contributed by atoms with Crippen molar-refractivity contribution in [2.24, 2.45) is 0 Å². The van der Waals surface area contributed by atoms with Crippen LogP contribution in [0.15, 0.2) is 186 Å². The summed E-state index contributed by atoms with van der Waals surface area (Å²) in [5.41, 5.74) is 11.6. The molecule has 1 heteroatoms. The summed E-state index contributed by atoms with van der Waals surface area (Å²) in [6.45, 7) is 0. The van der Waals surface area contributed by atoms with Gasteiger partial charge in [0.05, 0.1) is 0 Å². The second-order valence-corrected chi connectivity index (χ2v) is 12.8. The van der Waals surface area contributed by atoms with Crippen molar-refractivity contribution in [2.45, 2.75) is 0 Å². The third-order valence-corrected chi connectivity index (χ3v) is 10.1. The summed E-state index contributed by atoms with van der Waals surface area (Å²) in [6, 6.07) is 65.7. The van der Waals surface area contributed by atoms with Crippen LogP contribution in [0.5, 0.6) is 0 Å². The first-order chi connectivity index (χ1) is 24.3. The van der Waals surface area contributed by atoms with Gasteiger partial charge in [0.2, 0.25) is 0 Å². The predicted octanol–water partition coefficient (Wildman–Crippen LogP) is 13.7. The lowest BCUT2D eigenvalue weighted by atomic mass is 9.85. The van der Waals surface area contributed by atoms with Gasteiger partial charge in [-0.25, -0.2) is 0 Å². The highest BCUT2D eigenvalue weighted by Crippen LogP contribution is 2.45. The molecule has 1 nitrogen and oxygen atoms in total. The van der Waals surface area contributed by atoms with Crippen molar-refractivity contribution in [3.8, 4) is 44.5 Å². The molecule has 0 bridgehead atoms. The van der Waals surface area contributed by atoms with Gasteiger partial charge in [0.15, 0.2) is 0 Å². The molecule has 0 unspecified atom stereocenters. The van der Waals surface area contributed by atoms with Gasteiger partial charge in [0.1, 0.15) is 11.2 Å². The fourth-order valence-electron chi connectivity index (χ4n) is 7.73. The zero-order valence-corrected chi connectivity index (χ0v) is 26.7. The van der Waals surface area contributed by atoms with E-state index < -0.39 is 0 Å². The first-order valence-corrected chi connectivity index (χ1v) is 16.8. The van der Waals surface area contributed by atoms with Crippen LogP contribution < -0.4 is 0 Å². The topological polar surface area (TPSA) is 13.1 Å². The molecule has 10 rings (SSSR count). The Morgan fingerprint density at radius 2 is 0.694 bits per heavy atom. The maximum atomic E-state index is 6.62. The van der Waals surface area contributed by atoms with Crippen molar-refractivity contribution in [1.82, 2.24) is 0 Å². The van der Waals surface area contributed by atoms with Crippen molar-refractivity contribution >= 4 is 54.3 Å². The van der Waals surface area contributed by atoms with Crippen molar-refractivity contribution in [3.05, 3.63) is 182 Å². The van der Waals surface area contributed by atoms with Crippen LogP contribution in [0.1, 0.15) is 0 Å². The zero-order valence-electron chi connectivity index (χ0n) is 26.7. The molecule has 1 aromatic heterocycles. The standard InChI is InChI=1S/C48H30O/c1-2-10-31(11-3-1)32-18-20-33(21-19-32)34-22-24-36(25-23-34)46-40-14-6-8-16-42(40)47(43-17-9-7-15-41(43)46)37-27-28-39-44-29-26-35-12-4-5-13-38(35)48(44)49-45(39)30-37/h1-30H. The fraction of sp³-hybridized carbons (Fsp3) is 0. The summed E-state index contributed by atoms with van der Waals surface area (Å²) in [6.07, 6.45) is 0. The summed E-state index contributed by atoms with van der Waals surface area (Å²) in [7, 11) is 0. The van der Waals surface area contributed by atoms with Gasteiger partial charge in [-0.3, -0.25) is 0 Å². The highest BCUT2D eigenvalue weighted by atomic mass is 16.3. The lowest BCUT2D eigenvalue weighted by Crippen LogP contribution is -1.91. The van der Waals surface area contributed by atoms with Gasteiger partial charge >= 0.3 is 0 Å². The van der Waals surface area contributed by atoms with Gasteiger partial charge in [-0.15, -0.1) is 0 Å². The van der Waals surface area contributed by atoms with E-state index in [1.54, 1.807) is 0 Å². The molecule has 49 heavy (non-hydrogen) atoms. The van der Waals surface area contributed by atoms with E-state index in [4.69, 9.17) is 4.42 Å². The van der Waals surface area contributed by atoms with Crippen LogP contribution >= 0.6 is 0 Å². The summed E-state index contributed by atoms with van der Waals surface area (Å²) in [5.74, 6) is 0. The molecule has 0 saturated carbocycles. The van der Waals surface area contributed by atoms with Gasteiger partial charge < -0.3 is 4.42 Å². The number of benzene rings is 9. The number of hydrogen-bond acceptors (Lipinski definition) is 1. The Morgan fingerprint density at radius 3 is 1.29 bits per heavy atom. The first kappa shape index (κ1) is 27.7. The molecule has 0 aliphatic carbocycles. The van der Waals surface area contributed by atoms with Gasteiger partial charge in [0, 0.05) is 16.2 Å². The SMILES string of the molecule is c1ccc(-c2ccc(-c3ccc(-c4c5ccccc5c(-c5ccc6c(c5)oc5c7ccccc7ccc65)c5ccccc45)cc3)cc2)cc1. The third kappa shape index (κ3) is 4.47. The number of furan rings is 1. The zero-order chi connectivity index (χ0) is 32.3. The van der Waals surface area contributed by atoms with Crippen LogP contribution in [-0.2, 0) is 0 Å². The molecule has 0 amide bonds. The molecule has 0 atom stereocenters. The van der Waals surface area contributed by atoms with Gasteiger partial charge in [-0.2, -0.15) is 0 Å². The molecule has 9 aromatic carbocycles. The highest BCUT2D eigenvalue weighted by molar-refractivity contribution is 6.22. The average molecular weight is 623 g/mol. The minimum Gasteiger partial charge on any atom is -0.455 e. The third-order valence-electron chi connectivity index (χ3n) is 10.1. The van der Waals surface area contributed by atoms with Crippen LogP contribution in [0, 0.1) is 0 Å². The van der Waals surface area contributed by atoms with Crippen LogP contribution in [0.3, 0.4) is 0 Å². The second-order valence-electron chi connectivity index (χ2n) is 12.8. The monoisotopic (exact) mass is 622 g/mol. The maximum Gasteiger partial charge on any atom is 0.143 e. The van der Waals surface area contributed by atoms with Crippen molar-refractivity contribution < 1.29 is 4.42 Å². The molecule has 0 fully saturated rings. The maximum absolute atomic E-state index is 6.62. The van der Waals surface area contributed by atoms with Gasteiger partial charge in [-0.1, -0.05) is 164 Å². The molecular weight excluding hydrogens is 593 g/mol. The van der Waals surface area contributed by atoms with E-state index in [2.05, 4.69) is 182 Å². The average Bonchev–Trinajstić information content (AvgIpc) is 3.56. The van der Waals surface area contributed by atoms with E-state index >= 15 is 0 Å². The molecule has 0 N–H and O–H groups in total. The van der Waals surface area contributed by atoms with E-state index in [1.807, 2.05) is 0 Å². The Kier molecular flexibility index (Phi) is 6.25. The van der Waals surface area contributed by atoms with Crippen molar-refractivity contribution in [3.63, 3.8) is 0 Å². The lowest BCUT2D eigenvalue weighted by Gasteiger charge is -2.18. The molecule has 228 valence electrons. The fourth-order valence-corrected chi connectivity index (χ4v) is 7.73. The van der Waals surface area contributed by atoms with Gasteiger partial charge in [0.25, 0.3) is 0 Å². The quantitative estimate of drug-likeness (QED) is 0.178. The molecule has 10 aromatic rings. The first-order valence-electron chi connectivity index (χ1n) is 16.8. The van der Waals surface area contributed by atoms with E-state index in [0.29, 0.717) is 0 Å². The Balaban J connectivity index is 1.11. The summed E-state index contributed by atoms with van der Waals surface area (Å²) in [5, 5.41) is 9.59. The summed E-state index contributed by atoms with van der Waals surface area (Å²) in [4.78, 5) is 0. The number of hydrogen-bond donors (Lipinski definition) is 0. The minimum atomic E-state index is 0.911. The molecule has 0 saturated heterocycles. The summed E-state index contributed by atoms with van der Waals surface area (Å²) < 4.78 is 6.62. The molecule has 0 spiro atoms. The minimum absolute atomic E-state index is 0.911. The largest absolute Gasteiger partial charge is 0.455 e. The van der Waals surface area contributed by atoms with E-state index in [-0.39, 0.29) is 0 Å². The normalized spacial score (nSPS) is 11.7. The van der Waals surface area contributed by atoms with Crippen LogP contribution in [0.25, 0.3) is 98.8 Å². The van der Waals surface area contributed by atoms with E-state index in [0.717, 1.165) is 32.9 Å². The van der Waals surface area contributed by atoms with E-state index in [9.17, 15) is 0 Å². The van der Waals surface area contributed by atoms with Crippen molar-refractivity contribution in [2.75, 3.05) is 0 Å². The van der Waals surface area contributed by atoms with Crippen LogP contribution in [0.2, 0.25) is 0 Å². The smallest absolute Gasteiger partial charge is 0.143 e. The Hall–Kier alpha value is -6.44. The Labute approximate surface area is 284 Å². The highest BCUT2D eigenvalue weighted by Gasteiger charge is 2.18. The molecular formula is C48H30O. The van der Waals surface area contributed by atoms with Gasteiger partial charge in [-0.05, 0) is 89.6 Å². The molecule has 0 radical (unpaired) electrons. The molecule has 0 aliphatic heterocycles. The van der Waals surface area contributed by atoms with Crippen molar-refractivity contribution in [1.29, 1.82) is 0 Å².